The average Bonchev–Trinajstić information content (AvgIpc) is 2.72. The molecule has 3 aromatic rings. The van der Waals surface area contributed by atoms with Crippen molar-refractivity contribution in [3.63, 3.8) is 0 Å². The van der Waals surface area contributed by atoms with E-state index in [0.717, 1.165) is 6.07 Å². The van der Waals surface area contributed by atoms with E-state index >= 15 is 0 Å². The van der Waals surface area contributed by atoms with Crippen LogP contribution in [-0.4, -0.2) is 24.3 Å². The van der Waals surface area contributed by atoms with E-state index in [9.17, 15) is 17.2 Å². The molecule has 0 amide bonds. The molecule has 2 aromatic carbocycles. The third kappa shape index (κ3) is 3.73. The van der Waals surface area contributed by atoms with E-state index in [1.807, 2.05) is 0 Å². The minimum atomic E-state index is -4.00. The number of guanidine groups is 1. The molecule has 2 N–H and O–H groups in total. The summed E-state index contributed by atoms with van der Waals surface area (Å²) in [6.45, 7) is 1.70. The van der Waals surface area contributed by atoms with E-state index in [1.54, 1.807) is 31.3 Å². The van der Waals surface area contributed by atoms with Crippen LogP contribution in [0.4, 0.5) is 14.5 Å². The number of fused-ring (bicyclic) bond motifs is 1. The largest absolute Gasteiger partial charge is 0.324 e. The van der Waals surface area contributed by atoms with Gasteiger partial charge in [0.05, 0.1) is 17.9 Å². The topological polar surface area (TPSA) is 96.3 Å². The van der Waals surface area contributed by atoms with Gasteiger partial charge in [-0.2, -0.15) is 0 Å². The lowest BCUT2D eigenvalue weighted by molar-refractivity contribution is 0.577. The number of benzene rings is 2. The lowest BCUT2D eigenvalue weighted by Gasteiger charge is -2.26. The van der Waals surface area contributed by atoms with Crippen molar-refractivity contribution in [2.24, 2.45) is 4.99 Å². The molecule has 0 saturated heterocycles. The summed E-state index contributed by atoms with van der Waals surface area (Å²) < 4.78 is 56.9. The van der Waals surface area contributed by atoms with Crippen LogP contribution in [0, 0.1) is 11.6 Å². The van der Waals surface area contributed by atoms with E-state index in [0.29, 0.717) is 5.69 Å². The van der Waals surface area contributed by atoms with Crippen molar-refractivity contribution < 1.29 is 17.2 Å². The van der Waals surface area contributed by atoms with Crippen LogP contribution in [-0.2, 0) is 16.6 Å². The van der Waals surface area contributed by atoms with Gasteiger partial charge >= 0.3 is 0 Å². The molecule has 1 aromatic heterocycles. The van der Waals surface area contributed by atoms with E-state index < -0.39 is 27.6 Å². The molecule has 2 heterocycles. The van der Waals surface area contributed by atoms with Crippen molar-refractivity contribution >= 4 is 21.7 Å². The van der Waals surface area contributed by atoms with Gasteiger partial charge in [0.15, 0.2) is 0 Å². The number of nitrogens with zero attached hydrogens (tertiary/aromatic N) is 3. The zero-order chi connectivity index (χ0) is 21.3. The molecule has 30 heavy (non-hydrogen) atoms. The Hall–Kier alpha value is -3.40. The fourth-order valence-electron chi connectivity index (χ4n) is 3.30. The van der Waals surface area contributed by atoms with Crippen LogP contribution in [0.1, 0.15) is 29.7 Å². The van der Waals surface area contributed by atoms with E-state index in [1.165, 1.54) is 24.5 Å². The standard InChI is InChI=1S/C20H17F2N5O2S/c1-12(14-4-2-3-5-15(14)21)18-16(22)6-7-17-19(18)26-20(27-30(17,28)29)24-10-13-8-9-23-11-25-13/h2-9,11-12H,10H2,1H3,(H2,24,26,27)/t12-/m0/s1. The second-order valence-electron chi connectivity index (χ2n) is 6.67. The predicted octanol–water partition coefficient (Wildman–Crippen LogP) is 3.17. The molecule has 1 aliphatic rings. The fraction of sp³-hybridized carbons (Fsp3) is 0.150. The first-order chi connectivity index (χ1) is 14.4. The molecule has 4 rings (SSSR count). The van der Waals surface area contributed by atoms with Gasteiger partial charge in [-0.3, -0.25) is 0 Å². The lowest BCUT2D eigenvalue weighted by atomic mass is 9.91. The third-order valence-corrected chi connectivity index (χ3v) is 6.15. The quantitative estimate of drug-likeness (QED) is 0.664. The molecule has 7 nitrogen and oxygen atoms in total. The van der Waals surface area contributed by atoms with Gasteiger partial charge in [0.25, 0.3) is 10.0 Å². The highest BCUT2D eigenvalue weighted by molar-refractivity contribution is 7.90. The molecule has 1 atom stereocenters. The molecule has 0 unspecified atom stereocenters. The summed E-state index contributed by atoms with van der Waals surface area (Å²) in [4.78, 5) is 11.9. The van der Waals surface area contributed by atoms with Crippen molar-refractivity contribution in [1.82, 2.24) is 14.7 Å². The number of rotatable bonds is 4. The van der Waals surface area contributed by atoms with Gasteiger partial charge in [-0.25, -0.2) is 36.9 Å². The van der Waals surface area contributed by atoms with Crippen LogP contribution in [0.3, 0.4) is 0 Å². The smallest absolute Gasteiger partial charge is 0.266 e. The van der Waals surface area contributed by atoms with Gasteiger partial charge < -0.3 is 5.32 Å². The Kier molecular flexibility index (Phi) is 5.17. The molecule has 0 aliphatic carbocycles. The second kappa shape index (κ2) is 7.79. The minimum Gasteiger partial charge on any atom is -0.324 e. The maximum atomic E-state index is 14.8. The normalized spacial score (nSPS) is 17.0. The molecule has 154 valence electrons. The molecule has 0 spiro atoms. The SMILES string of the molecule is C[C@@H](c1ccccc1F)c1c(F)ccc2c1NC(=NCc1ccncn1)NS2(=O)=O. The summed E-state index contributed by atoms with van der Waals surface area (Å²) >= 11 is 0. The Labute approximate surface area is 172 Å². The van der Waals surface area contributed by atoms with Crippen LogP contribution >= 0.6 is 0 Å². The molecule has 10 heteroatoms. The molecule has 0 saturated carbocycles. The number of aliphatic imine (C=N–C) groups is 1. The minimum absolute atomic E-state index is 0.0333. The molecular weight excluding hydrogens is 412 g/mol. The highest BCUT2D eigenvalue weighted by atomic mass is 32.2. The first-order valence-electron chi connectivity index (χ1n) is 9.03. The van der Waals surface area contributed by atoms with Crippen LogP contribution in [0.5, 0.6) is 0 Å². The van der Waals surface area contributed by atoms with Crippen molar-refractivity contribution in [2.45, 2.75) is 24.3 Å². The molecular formula is C20H17F2N5O2S. The van der Waals surface area contributed by atoms with Crippen LogP contribution in [0.15, 0.2) is 64.9 Å². The Morgan fingerprint density at radius 1 is 1.10 bits per heavy atom. The number of halogens is 2. The number of nitrogens with one attached hydrogen (secondary N) is 2. The predicted molar refractivity (Wildman–Crippen MR) is 107 cm³/mol. The number of sulfonamides is 1. The van der Waals surface area contributed by atoms with Gasteiger partial charge in [0, 0.05) is 17.7 Å². The van der Waals surface area contributed by atoms with E-state index in [4.69, 9.17) is 0 Å². The van der Waals surface area contributed by atoms with Crippen molar-refractivity contribution in [3.05, 3.63) is 83.4 Å². The van der Waals surface area contributed by atoms with Gasteiger partial charge in [-0.1, -0.05) is 25.1 Å². The second-order valence-corrected chi connectivity index (χ2v) is 8.32. The van der Waals surface area contributed by atoms with Gasteiger partial charge in [0.1, 0.15) is 22.9 Å². The number of anilines is 1. The zero-order valence-electron chi connectivity index (χ0n) is 15.8. The number of hydrogen-bond donors (Lipinski definition) is 2. The summed E-state index contributed by atoms with van der Waals surface area (Å²) in [7, 11) is -4.00. The molecule has 1 aliphatic heterocycles. The van der Waals surface area contributed by atoms with Crippen LogP contribution < -0.4 is 10.0 Å². The summed E-state index contributed by atoms with van der Waals surface area (Å²) in [5.41, 5.74) is 0.897. The van der Waals surface area contributed by atoms with Crippen LogP contribution in [0.2, 0.25) is 0 Å². The summed E-state index contributed by atoms with van der Waals surface area (Å²) in [6, 6.07) is 9.86. The van der Waals surface area contributed by atoms with Crippen molar-refractivity contribution in [1.29, 1.82) is 0 Å². The van der Waals surface area contributed by atoms with Gasteiger partial charge in [0.2, 0.25) is 5.96 Å². The third-order valence-electron chi connectivity index (χ3n) is 4.77. The summed E-state index contributed by atoms with van der Waals surface area (Å²) in [5.74, 6) is -1.97. The number of aromatic nitrogens is 2. The molecule has 0 fully saturated rings. The Morgan fingerprint density at radius 2 is 1.90 bits per heavy atom. The first-order valence-corrected chi connectivity index (χ1v) is 10.5. The Morgan fingerprint density at radius 3 is 2.63 bits per heavy atom. The van der Waals surface area contributed by atoms with Gasteiger partial charge in [-0.05, 0) is 29.8 Å². The monoisotopic (exact) mass is 429 g/mol. The van der Waals surface area contributed by atoms with E-state index in [-0.39, 0.29) is 34.2 Å². The van der Waals surface area contributed by atoms with Crippen molar-refractivity contribution in [3.8, 4) is 0 Å². The lowest BCUT2D eigenvalue weighted by Crippen LogP contribution is -2.41. The molecule has 0 radical (unpaired) electrons. The summed E-state index contributed by atoms with van der Waals surface area (Å²) in [5, 5.41) is 2.86. The zero-order valence-corrected chi connectivity index (χ0v) is 16.6. The average molecular weight is 429 g/mol. The highest BCUT2D eigenvalue weighted by Gasteiger charge is 2.32. The van der Waals surface area contributed by atoms with Crippen LogP contribution in [0.25, 0.3) is 0 Å². The highest BCUT2D eigenvalue weighted by Crippen LogP contribution is 2.38. The first kappa shape index (κ1) is 19.9. The Balaban J connectivity index is 1.79. The number of hydrogen-bond acceptors (Lipinski definition) is 5. The van der Waals surface area contributed by atoms with Crippen molar-refractivity contribution in [2.75, 3.05) is 5.32 Å². The Bertz CT molecular complexity index is 1230. The summed E-state index contributed by atoms with van der Waals surface area (Å²) in [6.07, 6.45) is 2.90. The van der Waals surface area contributed by atoms with Gasteiger partial charge in [-0.15, -0.1) is 0 Å². The maximum absolute atomic E-state index is 14.8. The maximum Gasteiger partial charge on any atom is 0.266 e. The van der Waals surface area contributed by atoms with E-state index in [2.05, 4.69) is 25.0 Å². The fourth-order valence-corrected chi connectivity index (χ4v) is 4.46. The molecule has 0 bridgehead atoms.